The van der Waals surface area contributed by atoms with Crippen molar-refractivity contribution in [2.24, 2.45) is 7.05 Å². The summed E-state index contributed by atoms with van der Waals surface area (Å²) in [6.07, 6.45) is 0. The number of nitrogens with zero attached hydrogens (tertiary/aromatic N) is 1. The minimum absolute atomic E-state index is 0.240. The zero-order valence-electron chi connectivity index (χ0n) is 6.01. The number of hydrogen-bond acceptors (Lipinski definition) is 3. The summed E-state index contributed by atoms with van der Waals surface area (Å²) in [4.78, 5) is 11.0. The van der Waals surface area contributed by atoms with Gasteiger partial charge in [-0.05, 0) is 0 Å². The normalized spacial score (nSPS) is 10.2. The van der Waals surface area contributed by atoms with Crippen molar-refractivity contribution in [1.29, 1.82) is 0 Å². The van der Waals surface area contributed by atoms with E-state index in [1.165, 1.54) is 7.05 Å². The van der Waals surface area contributed by atoms with Crippen molar-refractivity contribution < 1.29 is 10.2 Å². The van der Waals surface area contributed by atoms with E-state index in [4.69, 9.17) is 33.4 Å². The third kappa shape index (κ3) is 1.13. The lowest BCUT2D eigenvalue weighted by Crippen LogP contribution is -2.16. The average molecular weight is 210 g/mol. The van der Waals surface area contributed by atoms with Gasteiger partial charge in [0.05, 0.1) is 0 Å². The third-order valence-corrected chi connectivity index (χ3v) is 2.24. The molecule has 0 amide bonds. The van der Waals surface area contributed by atoms with Crippen molar-refractivity contribution in [2.75, 3.05) is 0 Å². The SMILES string of the molecule is Cn1c(O)c(Cl)c(Cl)c(O)c1=O. The van der Waals surface area contributed by atoms with E-state index < -0.39 is 17.2 Å². The van der Waals surface area contributed by atoms with Crippen LogP contribution in [0.5, 0.6) is 11.6 Å². The molecule has 0 aliphatic heterocycles. The Morgan fingerprint density at radius 1 is 1.25 bits per heavy atom. The molecule has 1 aromatic rings. The predicted molar refractivity (Wildman–Crippen MR) is 45.0 cm³/mol. The molecule has 0 spiro atoms. The van der Waals surface area contributed by atoms with Gasteiger partial charge in [0.25, 0.3) is 5.56 Å². The van der Waals surface area contributed by atoms with Crippen molar-refractivity contribution >= 4 is 23.2 Å². The van der Waals surface area contributed by atoms with Gasteiger partial charge in [0.2, 0.25) is 11.6 Å². The van der Waals surface area contributed by atoms with Crippen molar-refractivity contribution in [3.63, 3.8) is 0 Å². The average Bonchev–Trinajstić information content (AvgIpc) is 2.08. The maximum atomic E-state index is 11.0. The van der Waals surface area contributed by atoms with Gasteiger partial charge in [-0.2, -0.15) is 0 Å². The molecule has 1 heterocycles. The lowest BCUT2D eigenvalue weighted by Gasteiger charge is -2.05. The molecular weight excluding hydrogens is 205 g/mol. The van der Waals surface area contributed by atoms with Crippen LogP contribution in [0.15, 0.2) is 4.79 Å². The second-order valence-electron chi connectivity index (χ2n) is 2.16. The molecule has 0 aliphatic rings. The molecule has 4 nitrogen and oxygen atoms in total. The molecule has 1 aromatic heterocycles. The van der Waals surface area contributed by atoms with Gasteiger partial charge in [-0.1, -0.05) is 23.2 Å². The fraction of sp³-hybridized carbons (Fsp3) is 0.167. The fourth-order valence-corrected chi connectivity index (χ4v) is 1.08. The van der Waals surface area contributed by atoms with Crippen molar-refractivity contribution in [2.45, 2.75) is 0 Å². The first-order valence-electron chi connectivity index (χ1n) is 2.92. The highest BCUT2D eigenvalue weighted by atomic mass is 35.5. The summed E-state index contributed by atoms with van der Waals surface area (Å²) < 4.78 is 0.795. The van der Waals surface area contributed by atoms with Crippen LogP contribution >= 0.6 is 23.2 Å². The van der Waals surface area contributed by atoms with Gasteiger partial charge >= 0.3 is 0 Å². The van der Waals surface area contributed by atoms with Gasteiger partial charge < -0.3 is 10.2 Å². The van der Waals surface area contributed by atoms with Crippen LogP contribution in [0.4, 0.5) is 0 Å². The summed E-state index contributed by atoms with van der Waals surface area (Å²) in [6, 6.07) is 0. The highest BCUT2D eigenvalue weighted by Gasteiger charge is 2.15. The minimum atomic E-state index is -0.790. The summed E-state index contributed by atoms with van der Waals surface area (Å²) in [7, 11) is 1.26. The lowest BCUT2D eigenvalue weighted by molar-refractivity contribution is 0.407. The van der Waals surface area contributed by atoms with Crippen LogP contribution < -0.4 is 5.56 Å². The van der Waals surface area contributed by atoms with Crippen molar-refractivity contribution in [3.8, 4) is 11.6 Å². The van der Waals surface area contributed by atoms with E-state index in [0.717, 1.165) is 4.57 Å². The lowest BCUT2D eigenvalue weighted by atomic mass is 10.4. The minimum Gasteiger partial charge on any atom is -0.502 e. The molecule has 2 N–H and O–H groups in total. The van der Waals surface area contributed by atoms with E-state index in [0.29, 0.717) is 0 Å². The third-order valence-electron chi connectivity index (χ3n) is 1.42. The Labute approximate surface area is 77.6 Å². The molecule has 0 radical (unpaired) electrons. The molecule has 0 unspecified atom stereocenters. The molecule has 1 rings (SSSR count). The summed E-state index contributed by atoms with van der Waals surface area (Å²) in [5, 5.41) is 17.6. The zero-order chi connectivity index (χ0) is 9.46. The van der Waals surface area contributed by atoms with Crippen LogP contribution in [0.2, 0.25) is 10.0 Å². The summed E-state index contributed by atoms with van der Waals surface area (Å²) in [5.41, 5.74) is -0.790. The zero-order valence-corrected chi connectivity index (χ0v) is 7.52. The molecule has 0 aliphatic carbocycles. The monoisotopic (exact) mass is 209 g/mol. The molecule has 66 valence electrons. The number of pyridine rings is 1. The Hall–Kier alpha value is -0.870. The predicted octanol–water partition coefficient (Wildman–Crippen LogP) is 1.10. The number of rotatable bonds is 0. The summed E-state index contributed by atoms with van der Waals surface area (Å²) >= 11 is 10.9. The van der Waals surface area contributed by atoms with Crippen LogP contribution in [-0.4, -0.2) is 14.8 Å². The molecule has 6 heteroatoms. The standard InChI is InChI=1S/C6H5Cl2NO3/c1-9-5(11)3(8)2(7)4(10)6(9)12/h10-11H,1H3. The molecule has 0 saturated carbocycles. The first kappa shape index (κ1) is 9.22. The van der Waals surface area contributed by atoms with Gasteiger partial charge in [-0.15, -0.1) is 0 Å². The second kappa shape index (κ2) is 2.88. The number of aromatic hydroxyl groups is 2. The van der Waals surface area contributed by atoms with Crippen molar-refractivity contribution in [1.82, 2.24) is 4.57 Å². The maximum Gasteiger partial charge on any atom is 0.296 e. The van der Waals surface area contributed by atoms with E-state index >= 15 is 0 Å². The quantitative estimate of drug-likeness (QED) is 0.673. The van der Waals surface area contributed by atoms with Gasteiger partial charge in [0.15, 0.2) is 0 Å². The van der Waals surface area contributed by atoms with Crippen LogP contribution in [-0.2, 0) is 7.05 Å². The largest absolute Gasteiger partial charge is 0.502 e. The second-order valence-corrected chi connectivity index (χ2v) is 2.92. The van der Waals surface area contributed by atoms with Crippen LogP contribution in [0.3, 0.4) is 0 Å². The summed E-state index contributed by atoms with van der Waals surface area (Å²) in [5.74, 6) is -1.13. The molecule has 0 atom stereocenters. The van der Waals surface area contributed by atoms with Gasteiger partial charge in [0.1, 0.15) is 10.0 Å². The highest BCUT2D eigenvalue weighted by molar-refractivity contribution is 6.43. The number of halogens is 2. The summed E-state index contributed by atoms with van der Waals surface area (Å²) in [6.45, 7) is 0. The Bertz CT molecular complexity index is 353. The van der Waals surface area contributed by atoms with Crippen LogP contribution in [0.1, 0.15) is 0 Å². The van der Waals surface area contributed by atoms with E-state index in [2.05, 4.69) is 0 Å². The van der Waals surface area contributed by atoms with Gasteiger partial charge in [-0.3, -0.25) is 9.36 Å². The molecular formula is C6H5Cl2NO3. The Morgan fingerprint density at radius 2 is 1.75 bits per heavy atom. The van der Waals surface area contributed by atoms with E-state index in [9.17, 15) is 4.79 Å². The number of aromatic nitrogens is 1. The van der Waals surface area contributed by atoms with Crippen LogP contribution in [0.25, 0.3) is 0 Å². The molecule has 0 fully saturated rings. The first-order chi connectivity index (χ1) is 5.46. The Balaban J connectivity index is 3.73. The van der Waals surface area contributed by atoms with Crippen molar-refractivity contribution in [3.05, 3.63) is 20.4 Å². The van der Waals surface area contributed by atoms with E-state index in [-0.39, 0.29) is 10.0 Å². The smallest absolute Gasteiger partial charge is 0.296 e. The maximum absolute atomic E-state index is 11.0. The van der Waals surface area contributed by atoms with Crippen LogP contribution in [0, 0.1) is 0 Å². The molecule has 0 bridgehead atoms. The highest BCUT2D eigenvalue weighted by Crippen LogP contribution is 2.33. The van der Waals surface area contributed by atoms with E-state index in [1.54, 1.807) is 0 Å². The van der Waals surface area contributed by atoms with E-state index in [1.807, 2.05) is 0 Å². The Morgan fingerprint density at radius 3 is 2.25 bits per heavy atom. The molecule has 0 saturated heterocycles. The number of hydrogen-bond donors (Lipinski definition) is 2. The fourth-order valence-electron chi connectivity index (χ4n) is 0.698. The Kier molecular flexibility index (Phi) is 2.21. The first-order valence-corrected chi connectivity index (χ1v) is 3.68. The molecule has 12 heavy (non-hydrogen) atoms. The van der Waals surface area contributed by atoms with Gasteiger partial charge in [-0.25, -0.2) is 0 Å². The topological polar surface area (TPSA) is 62.5 Å². The van der Waals surface area contributed by atoms with Gasteiger partial charge in [0, 0.05) is 7.05 Å². The molecule has 0 aromatic carbocycles.